The molecule has 2 aromatic carbocycles. The molecule has 0 fully saturated rings. The second-order valence-corrected chi connectivity index (χ2v) is 6.00. The third-order valence-corrected chi connectivity index (χ3v) is 4.06. The van der Waals surface area contributed by atoms with Crippen LogP contribution in [0.2, 0.25) is 0 Å². The first-order valence-corrected chi connectivity index (χ1v) is 8.98. The van der Waals surface area contributed by atoms with Gasteiger partial charge in [0.2, 0.25) is 5.91 Å². The number of nitrogens with zero attached hydrogens (tertiary/aromatic N) is 1. The van der Waals surface area contributed by atoms with E-state index in [0.717, 1.165) is 23.4 Å². The first-order valence-electron chi connectivity index (χ1n) is 8.16. The van der Waals surface area contributed by atoms with Crippen LogP contribution >= 0.6 is 11.8 Å². The summed E-state index contributed by atoms with van der Waals surface area (Å²) in [4.78, 5) is 12.0. The highest BCUT2D eigenvalue weighted by atomic mass is 32.2. The summed E-state index contributed by atoms with van der Waals surface area (Å²) in [6, 6.07) is 16.0. The second-order valence-electron chi connectivity index (χ2n) is 5.14. The molecule has 0 bridgehead atoms. The number of nitrogens with one attached hydrogen (secondary N) is 1. The van der Waals surface area contributed by atoms with E-state index in [9.17, 15) is 4.79 Å². The van der Waals surface area contributed by atoms with Gasteiger partial charge in [-0.3, -0.25) is 4.79 Å². The van der Waals surface area contributed by atoms with Crippen molar-refractivity contribution in [1.29, 1.82) is 5.26 Å². The zero-order valence-electron chi connectivity index (χ0n) is 14.5. The topological polar surface area (TPSA) is 52.9 Å². The van der Waals surface area contributed by atoms with Crippen molar-refractivity contribution in [3.8, 4) is 5.40 Å². The van der Waals surface area contributed by atoms with E-state index in [4.69, 9.17) is 5.26 Å². The van der Waals surface area contributed by atoms with Gasteiger partial charge in [0.15, 0.2) is 0 Å². The monoisotopic (exact) mass is 340 g/mol. The Labute approximate surface area is 149 Å². The molecule has 0 spiro atoms. The van der Waals surface area contributed by atoms with Crippen LogP contribution < -0.4 is 5.32 Å². The number of carbonyl (C=O) groups is 1. The fourth-order valence-electron chi connectivity index (χ4n) is 1.92. The molecular formula is C20H24N2OS. The van der Waals surface area contributed by atoms with Crippen molar-refractivity contribution in [3.63, 3.8) is 0 Å². The van der Waals surface area contributed by atoms with E-state index in [2.05, 4.69) is 31.3 Å². The summed E-state index contributed by atoms with van der Waals surface area (Å²) < 4.78 is 0. The quantitative estimate of drug-likeness (QED) is 0.584. The second kappa shape index (κ2) is 11.3. The molecule has 126 valence electrons. The molecule has 2 rings (SSSR count). The number of rotatable bonds is 5. The number of amides is 1. The van der Waals surface area contributed by atoms with Gasteiger partial charge in [-0.1, -0.05) is 45.0 Å². The molecule has 0 aromatic heterocycles. The first-order chi connectivity index (χ1) is 11.6. The van der Waals surface area contributed by atoms with Crippen molar-refractivity contribution in [2.75, 3.05) is 5.32 Å². The normalized spacial score (nSPS) is 9.42. The molecule has 1 amide bonds. The highest BCUT2D eigenvalue weighted by molar-refractivity contribution is 8.03. The van der Waals surface area contributed by atoms with Gasteiger partial charge in [-0.2, -0.15) is 5.26 Å². The van der Waals surface area contributed by atoms with Crippen LogP contribution in [0.25, 0.3) is 0 Å². The number of benzene rings is 2. The summed E-state index contributed by atoms with van der Waals surface area (Å²) >= 11 is 1.20. The minimum absolute atomic E-state index is 0.0595. The number of nitriles is 1. The zero-order chi connectivity index (χ0) is 17.8. The van der Waals surface area contributed by atoms with Crippen LogP contribution in [0.5, 0.6) is 0 Å². The predicted octanol–water partition coefficient (Wildman–Crippen LogP) is 5.42. The van der Waals surface area contributed by atoms with E-state index in [-0.39, 0.29) is 5.91 Å². The van der Waals surface area contributed by atoms with Gasteiger partial charge in [0, 0.05) is 17.0 Å². The van der Waals surface area contributed by atoms with Crippen molar-refractivity contribution < 1.29 is 4.79 Å². The van der Waals surface area contributed by atoms with Gasteiger partial charge in [0.05, 0.1) is 0 Å². The summed E-state index contributed by atoms with van der Waals surface area (Å²) in [6.45, 7) is 6.07. The minimum atomic E-state index is 0.0595. The number of hydrogen-bond donors (Lipinski definition) is 1. The van der Waals surface area contributed by atoms with Gasteiger partial charge in [0.1, 0.15) is 5.40 Å². The number of anilines is 1. The Hall–Kier alpha value is -2.25. The Kier molecular flexibility index (Phi) is 9.33. The predicted molar refractivity (Wildman–Crippen MR) is 102 cm³/mol. The lowest BCUT2D eigenvalue weighted by atomic mass is 10.1. The van der Waals surface area contributed by atoms with E-state index in [1.54, 1.807) is 0 Å². The molecule has 0 atom stereocenters. The third-order valence-electron chi connectivity index (χ3n) is 3.46. The molecule has 0 heterocycles. The smallest absolute Gasteiger partial charge is 0.224 e. The number of aryl methyl sites for hydroxylation is 2. The van der Waals surface area contributed by atoms with Crippen LogP contribution in [0.4, 0.5) is 5.69 Å². The summed E-state index contributed by atoms with van der Waals surface area (Å²) in [5.41, 5.74) is 3.48. The highest BCUT2D eigenvalue weighted by Gasteiger charge is 1.97. The largest absolute Gasteiger partial charge is 0.326 e. The Bertz CT molecular complexity index is 658. The number of thiocyanates is 1. The van der Waals surface area contributed by atoms with Crippen molar-refractivity contribution in [3.05, 3.63) is 59.7 Å². The van der Waals surface area contributed by atoms with Gasteiger partial charge in [0.25, 0.3) is 0 Å². The maximum Gasteiger partial charge on any atom is 0.224 e. The zero-order valence-corrected chi connectivity index (χ0v) is 15.3. The van der Waals surface area contributed by atoms with Gasteiger partial charge >= 0.3 is 0 Å². The highest BCUT2D eigenvalue weighted by Crippen LogP contribution is 2.16. The Morgan fingerprint density at radius 3 is 1.88 bits per heavy atom. The van der Waals surface area contributed by atoms with E-state index in [1.165, 1.54) is 22.9 Å². The van der Waals surface area contributed by atoms with Crippen LogP contribution in [-0.4, -0.2) is 5.91 Å². The van der Waals surface area contributed by atoms with Gasteiger partial charge < -0.3 is 5.32 Å². The maximum atomic E-state index is 11.0. The molecule has 0 saturated heterocycles. The molecule has 0 aliphatic heterocycles. The lowest BCUT2D eigenvalue weighted by molar-refractivity contribution is -0.115. The molecule has 0 saturated carbocycles. The molecule has 0 unspecified atom stereocenters. The lowest BCUT2D eigenvalue weighted by Crippen LogP contribution is -2.09. The summed E-state index contributed by atoms with van der Waals surface area (Å²) in [5, 5.41) is 13.2. The van der Waals surface area contributed by atoms with E-state index in [0.29, 0.717) is 6.42 Å². The Balaban J connectivity index is 0.000000243. The first kappa shape index (κ1) is 19.8. The van der Waals surface area contributed by atoms with Crippen LogP contribution in [0, 0.1) is 10.7 Å². The molecule has 24 heavy (non-hydrogen) atoms. The average molecular weight is 340 g/mol. The van der Waals surface area contributed by atoms with Crippen LogP contribution in [-0.2, 0) is 17.6 Å². The minimum Gasteiger partial charge on any atom is -0.326 e. The van der Waals surface area contributed by atoms with E-state index < -0.39 is 0 Å². The standard InChI is InChI=1S/C11H15NO.C9H9NS/c1-3-9-5-7-10(8-6-9)12-11(13)4-2;1-2-8-3-5-9(6-4-8)11-7-10/h5-8H,3-4H2,1-2H3,(H,12,13);3-6H,2H2,1H3. The Morgan fingerprint density at radius 2 is 1.46 bits per heavy atom. The van der Waals surface area contributed by atoms with Crippen LogP contribution in [0.3, 0.4) is 0 Å². The lowest BCUT2D eigenvalue weighted by Gasteiger charge is -2.03. The fourth-order valence-corrected chi connectivity index (χ4v) is 2.30. The number of hydrogen-bond acceptors (Lipinski definition) is 3. The van der Waals surface area contributed by atoms with Gasteiger partial charge in [-0.25, -0.2) is 0 Å². The van der Waals surface area contributed by atoms with Crippen molar-refractivity contribution in [2.24, 2.45) is 0 Å². The van der Waals surface area contributed by atoms with Gasteiger partial charge in [-0.05, 0) is 60.0 Å². The van der Waals surface area contributed by atoms with E-state index in [1.807, 2.05) is 48.7 Å². The fraction of sp³-hybridized carbons (Fsp3) is 0.300. The molecule has 0 aliphatic rings. The number of carbonyl (C=O) groups excluding carboxylic acids is 1. The summed E-state index contributed by atoms with van der Waals surface area (Å²) in [7, 11) is 0. The Morgan fingerprint density at radius 1 is 0.958 bits per heavy atom. The summed E-state index contributed by atoms with van der Waals surface area (Å²) in [5.74, 6) is 0.0595. The molecule has 2 aromatic rings. The maximum absolute atomic E-state index is 11.0. The molecule has 4 heteroatoms. The molecule has 1 N–H and O–H groups in total. The van der Waals surface area contributed by atoms with Gasteiger partial charge in [-0.15, -0.1) is 0 Å². The van der Waals surface area contributed by atoms with Crippen molar-refractivity contribution in [1.82, 2.24) is 0 Å². The molecule has 0 aliphatic carbocycles. The van der Waals surface area contributed by atoms with Crippen molar-refractivity contribution in [2.45, 2.75) is 44.9 Å². The average Bonchev–Trinajstić information content (AvgIpc) is 2.63. The van der Waals surface area contributed by atoms with Crippen LogP contribution in [0.1, 0.15) is 38.3 Å². The number of thioether (sulfide) groups is 1. The molecule has 0 radical (unpaired) electrons. The van der Waals surface area contributed by atoms with Crippen LogP contribution in [0.15, 0.2) is 53.4 Å². The third kappa shape index (κ3) is 7.34. The van der Waals surface area contributed by atoms with Crippen molar-refractivity contribution >= 4 is 23.4 Å². The summed E-state index contributed by atoms with van der Waals surface area (Å²) in [6.07, 6.45) is 2.61. The molecule has 3 nitrogen and oxygen atoms in total. The molecular weight excluding hydrogens is 316 g/mol. The SMILES string of the molecule is CCC(=O)Nc1ccc(CC)cc1.CCc1ccc(SC#N)cc1. The van der Waals surface area contributed by atoms with E-state index >= 15 is 0 Å².